The van der Waals surface area contributed by atoms with Crippen LogP contribution in [0.15, 0.2) is 30.0 Å². The third-order valence-corrected chi connectivity index (χ3v) is 4.80. The van der Waals surface area contributed by atoms with Crippen LogP contribution in [0.4, 0.5) is 11.5 Å². The van der Waals surface area contributed by atoms with E-state index in [2.05, 4.69) is 15.6 Å². The second-order valence-electron chi connectivity index (χ2n) is 6.85. The number of carbonyl (C=O) groups excluding carboxylic acids is 1. The van der Waals surface area contributed by atoms with Crippen molar-refractivity contribution in [3.63, 3.8) is 0 Å². The molecule has 1 aromatic rings. The predicted molar refractivity (Wildman–Crippen MR) is 105 cm³/mol. The molecular weight excluding hydrogens is 380 g/mol. The first-order valence-corrected chi connectivity index (χ1v) is 9.49. The Balaban J connectivity index is 2.42. The first kappa shape index (κ1) is 22.3. The molecule has 0 spiro atoms. The molecular formula is C19H26N4O6. The zero-order valence-electron chi connectivity index (χ0n) is 16.6. The smallest absolute Gasteiger partial charge is 0.331 e. The molecule has 1 heterocycles. The fourth-order valence-corrected chi connectivity index (χ4v) is 3.34. The molecule has 2 rings (SSSR count). The maximum absolute atomic E-state index is 11.8. The normalized spacial score (nSPS) is 21.4. The van der Waals surface area contributed by atoms with E-state index in [0.717, 1.165) is 12.8 Å². The molecule has 1 aliphatic rings. The predicted octanol–water partition coefficient (Wildman–Crippen LogP) is 2.26. The summed E-state index contributed by atoms with van der Waals surface area (Å²) in [6.07, 6.45) is 3.56. The molecule has 3 atom stereocenters. The van der Waals surface area contributed by atoms with Gasteiger partial charge in [0, 0.05) is 31.2 Å². The molecule has 158 valence electrons. The Morgan fingerprint density at radius 1 is 1.41 bits per heavy atom. The highest BCUT2D eigenvalue weighted by Gasteiger charge is 2.38. The van der Waals surface area contributed by atoms with E-state index in [0.29, 0.717) is 0 Å². The van der Waals surface area contributed by atoms with E-state index in [9.17, 15) is 24.8 Å². The van der Waals surface area contributed by atoms with Gasteiger partial charge < -0.3 is 20.5 Å². The number of ether oxygens (including phenoxy) is 1. The van der Waals surface area contributed by atoms with Gasteiger partial charge in [0.2, 0.25) is 11.7 Å². The van der Waals surface area contributed by atoms with E-state index >= 15 is 0 Å². The summed E-state index contributed by atoms with van der Waals surface area (Å²) in [5.41, 5.74) is -0.128. The number of carboxylic acid groups (broad SMARTS) is 1. The molecule has 10 nitrogen and oxygen atoms in total. The van der Waals surface area contributed by atoms with Crippen LogP contribution >= 0.6 is 0 Å². The number of hydrogen-bond acceptors (Lipinski definition) is 7. The summed E-state index contributed by atoms with van der Waals surface area (Å²) in [4.78, 5) is 38.2. The molecule has 0 aromatic carbocycles. The highest BCUT2D eigenvalue weighted by atomic mass is 16.6. The zero-order chi connectivity index (χ0) is 21.6. The summed E-state index contributed by atoms with van der Waals surface area (Å²) in [7, 11) is 0. The molecule has 0 radical (unpaired) electrons. The third-order valence-electron chi connectivity index (χ3n) is 4.80. The van der Waals surface area contributed by atoms with Gasteiger partial charge in [-0.15, -0.1) is 0 Å². The van der Waals surface area contributed by atoms with Gasteiger partial charge in [-0.05, 0) is 25.0 Å². The van der Waals surface area contributed by atoms with E-state index in [4.69, 9.17) is 4.74 Å². The Hall–Kier alpha value is -3.01. The van der Waals surface area contributed by atoms with Gasteiger partial charge in [-0.2, -0.15) is 0 Å². The Bertz CT molecular complexity index is 793. The van der Waals surface area contributed by atoms with Gasteiger partial charge >= 0.3 is 11.7 Å². The number of nitrogens with one attached hydrogen (secondary N) is 2. The molecule has 1 aromatic heterocycles. The van der Waals surface area contributed by atoms with Crippen molar-refractivity contribution in [1.82, 2.24) is 10.3 Å². The number of hydrogen-bond donors (Lipinski definition) is 3. The fraction of sp³-hybridized carbons (Fsp3) is 0.526. The minimum absolute atomic E-state index is 0.00535. The lowest BCUT2D eigenvalue weighted by molar-refractivity contribution is -0.384. The van der Waals surface area contributed by atoms with Crippen LogP contribution < -0.4 is 10.6 Å². The molecule has 0 unspecified atom stereocenters. The number of amides is 1. The number of pyridine rings is 1. The number of nitro groups is 1. The van der Waals surface area contributed by atoms with Gasteiger partial charge in [-0.1, -0.05) is 13.8 Å². The Morgan fingerprint density at radius 3 is 2.66 bits per heavy atom. The minimum Gasteiger partial charge on any atom is -0.478 e. The Labute approximate surface area is 168 Å². The van der Waals surface area contributed by atoms with Crippen LogP contribution in [-0.2, 0) is 14.3 Å². The number of aliphatic carboxylic acids is 1. The van der Waals surface area contributed by atoms with Crippen molar-refractivity contribution < 1.29 is 24.4 Å². The lowest BCUT2D eigenvalue weighted by atomic mass is 9.87. The average molecular weight is 406 g/mol. The number of rotatable bonds is 9. The number of carboxylic acids is 1. The van der Waals surface area contributed by atoms with Gasteiger partial charge in [-0.3, -0.25) is 14.9 Å². The monoisotopic (exact) mass is 406 g/mol. The van der Waals surface area contributed by atoms with E-state index < -0.39 is 29.1 Å². The van der Waals surface area contributed by atoms with E-state index in [-0.39, 0.29) is 35.5 Å². The summed E-state index contributed by atoms with van der Waals surface area (Å²) in [6, 6.07) is 1.45. The summed E-state index contributed by atoms with van der Waals surface area (Å²) < 4.78 is 6.08. The minimum atomic E-state index is -1.10. The van der Waals surface area contributed by atoms with Crippen LogP contribution in [0.25, 0.3) is 0 Å². The number of nitrogens with zero attached hydrogens (tertiary/aromatic N) is 2. The molecule has 3 N–H and O–H groups in total. The molecule has 29 heavy (non-hydrogen) atoms. The third kappa shape index (κ3) is 5.74. The van der Waals surface area contributed by atoms with Crippen LogP contribution in [0.1, 0.15) is 40.0 Å². The maximum atomic E-state index is 11.8. The van der Waals surface area contributed by atoms with Gasteiger partial charge in [0.1, 0.15) is 0 Å². The topological polar surface area (TPSA) is 144 Å². The van der Waals surface area contributed by atoms with Gasteiger partial charge in [-0.25, -0.2) is 9.78 Å². The highest BCUT2D eigenvalue weighted by Crippen LogP contribution is 2.29. The van der Waals surface area contributed by atoms with Crippen molar-refractivity contribution in [3.05, 3.63) is 40.1 Å². The maximum Gasteiger partial charge on any atom is 0.331 e. The van der Waals surface area contributed by atoms with Crippen molar-refractivity contribution >= 4 is 23.4 Å². The molecule has 10 heteroatoms. The van der Waals surface area contributed by atoms with Crippen LogP contribution in [0.2, 0.25) is 0 Å². The SMILES string of the molecule is CCC(CC)O[C@@H]1C=C(C(=O)O)C[C@H](Nc2ncccc2[N+](=O)[O-])[C@H]1NC(C)=O. The largest absolute Gasteiger partial charge is 0.478 e. The van der Waals surface area contributed by atoms with Crippen LogP contribution in [0.5, 0.6) is 0 Å². The van der Waals surface area contributed by atoms with Crippen molar-refractivity contribution in [2.45, 2.75) is 64.3 Å². The Morgan fingerprint density at radius 2 is 2.10 bits per heavy atom. The van der Waals surface area contributed by atoms with Crippen LogP contribution in [0.3, 0.4) is 0 Å². The number of carbonyl (C=O) groups is 2. The standard InChI is InChI=1S/C19H26N4O6/c1-4-13(5-2)29-16-10-12(19(25)26)9-14(17(16)21-11(3)24)22-18-15(23(27)28)7-6-8-20-18/h6-8,10,13-14,16-17H,4-5,9H2,1-3H3,(H,20,22)(H,21,24)(H,25,26)/t14-,16+,17+/m0/s1. The number of anilines is 1. The summed E-state index contributed by atoms with van der Waals surface area (Å²) in [6.45, 7) is 5.27. The number of aromatic nitrogens is 1. The van der Waals surface area contributed by atoms with Gasteiger partial charge in [0.05, 0.1) is 29.2 Å². The van der Waals surface area contributed by atoms with Crippen molar-refractivity contribution in [3.8, 4) is 0 Å². The molecule has 0 aliphatic heterocycles. The van der Waals surface area contributed by atoms with Crippen molar-refractivity contribution in [2.75, 3.05) is 5.32 Å². The summed E-state index contributed by atoms with van der Waals surface area (Å²) >= 11 is 0. The molecule has 1 amide bonds. The van der Waals surface area contributed by atoms with Crippen molar-refractivity contribution in [1.29, 1.82) is 0 Å². The van der Waals surface area contributed by atoms with Gasteiger partial charge in [0.15, 0.2) is 0 Å². The lowest BCUT2D eigenvalue weighted by Gasteiger charge is -2.38. The van der Waals surface area contributed by atoms with E-state index in [1.807, 2.05) is 13.8 Å². The summed E-state index contributed by atoms with van der Waals surface area (Å²) in [5.74, 6) is -1.42. The molecule has 0 fully saturated rings. The molecule has 0 bridgehead atoms. The molecule has 1 aliphatic carbocycles. The molecule has 0 saturated heterocycles. The quantitative estimate of drug-likeness (QED) is 0.418. The lowest BCUT2D eigenvalue weighted by Crippen LogP contribution is -2.56. The average Bonchev–Trinajstić information content (AvgIpc) is 2.67. The first-order chi connectivity index (χ1) is 13.8. The van der Waals surface area contributed by atoms with Crippen molar-refractivity contribution in [2.24, 2.45) is 0 Å². The zero-order valence-corrected chi connectivity index (χ0v) is 16.6. The summed E-state index contributed by atoms with van der Waals surface area (Å²) in [5, 5.41) is 26.6. The second kappa shape index (κ2) is 9.97. The van der Waals surface area contributed by atoms with Gasteiger partial charge in [0.25, 0.3) is 0 Å². The molecule has 0 saturated carbocycles. The highest BCUT2D eigenvalue weighted by molar-refractivity contribution is 5.87. The first-order valence-electron chi connectivity index (χ1n) is 9.49. The van der Waals surface area contributed by atoms with E-state index in [1.165, 1.54) is 31.3 Å². The second-order valence-corrected chi connectivity index (χ2v) is 6.85. The van der Waals surface area contributed by atoms with Crippen LogP contribution in [0, 0.1) is 10.1 Å². The van der Waals surface area contributed by atoms with E-state index in [1.54, 1.807) is 0 Å². The Kier molecular flexibility index (Phi) is 7.66. The fourth-order valence-electron chi connectivity index (χ4n) is 3.34. The van der Waals surface area contributed by atoms with Crippen LogP contribution in [-0.4, -0.2) is 51.2 Å².